The molecule has 0 bridgehead atoms. The van der Waals surface area contributed by atoms with Crippen molar-refractivity contribution in [1.82, 2.24) is 10.6 Å². The van der Waals surface area contributed by atoms with E-state index in [0.717, 1.165) is 0 Å². The molecule has 2 amide bonds. The summed E-state index contributed by atoms with van der Waals surface area (Å²) in [6.45, 7) is 3.88. The largest absolute Gasteiger partial charge is 0.480 e. The number of carbonyl (C=O) groups is 3. The maximum atomic E-state index is 12.4. The number of amides is 2. The summed E-state index contributed by atoms with van der Waals surface area (Å²) in [4.78, 5) is 35.6. The molecule has 1 aromatic carbocycles. The van der Waals surface area contributed by atoms with Gasteiger partial charge in [0.1, 0.15) is 5.75 Å². The van der Waals surface area contributed by atoms with Crippen molar-refractivity contribution in [2.24, 2.45) is 0 Å². The molecule has 0 saturated heterocycles. The molecular weight excluding hydrogens is 657 g/mol. The Morgan fingerprint density at radius 2 is 1.33 bits per heavy atom. The molecule has 7 nitrogen and oxygen atoms in total. The minimum atomic E-state index is -1.14. The fraction of sp³-hybridized carbons (Fsp3) is 0.357. The average molecular weight is 672 g/mol. The number of rotatable bonds is 7. The molecule has 0 atom stereocenters. The van der Waals surface area contributed by atoms with Crippen molar-refractivity contribution in [1.29, 1.82) is 0 Å². The Kier molecular flexibility index (Phi) is 8.97. The topological polar surface area (TPSA) is 105 Å². The first-order valence-electron chi connectivity index (χ1n) is 6.87. The number of carbonyl (C=O) groups excluding carboxylic acids is 2. The van der Waals surface area contributed by atoms with Gasteiger partial charge in [0.15, 0.2) is 6.61 Å². The van der Waals surface area contributed by atoms with Gasteiger partial charge in [-0.05, 0) is 81.6 Å². The van der Waals surface area contributed by atoms with Crippen LogP contribution in [0.3, 0.4) is 0 Å². The lowest BCUT2D eigenvalue weighted by atomic mass is 10.1. The number of benzene rings is 1. The van der Waals surface area contributed by atoms with E-state index in [1.165, 1.54) is 0 Å². The molecule has 1 aromatic rings. The molecule has 0 aliphatic rings. The Morgan fingerprint density at radius 3 is 1.67 bits per heavy atom. The van der Waals surface area contributed by atoms with E-state index in [4.69, 9.17) is 9.84 Å². The monoisotopic (exact) mass is 672 g/mol. The van der Waals surface area contributed by atoms with Gasteiger partial charge in [-0.25, -0.2) is 4.79 Å². The number of hydrogen-bond donors (Lipinski definition) is 3. The van der Waals surface area contributed by atoms with Crippen molar-refractivity contribution in [3.8, 4) is 5.75 Å². The third-order valence-corrected chi connectivity index (χ3v) is 5.88. The summed E-state index contributed by atoms with van der Waals surface area (Å²) in [5.41, 5.74) is 0.611. The van der Waals surface area contributed by atoms with Gasteiger partial charge in [-0.15, -0.1) is 0 Å². The van der Waals surface area contributed by atoms with Crippen LogP contribution in [0.25, 0.3) is 0 Å². The van der Waals surface area contributed by atoms with Crippen LogP contribution in [0, 0.1) is 10.7 Å². The van der Waals surface area contributed by atoms with Gasteiger partial charge in [0.2, 0.25) is 0 Å². The molecule has 0 fully saturated rings. The van der Waals surface area contributed by atoms with Crippen LogP contribution < -0.4 is 15.4 Å². The fourth-order valence-electron chi connectivity index (χ4n) is 1.80. The molecule has 24 heavy (non-hydrogen) atoms. The predicted octanol–water partition coefficient (Wildman–Crippen LogP) is 2.46. The summed E-state index contributed by atoms with van der Waals surface area (Å²) in [6.07, 6.45) is 0. The van der Waals surface area contributed by atoms with Crippen molar-refractivity contribution in [3.05, 3.63) is 21.8 Å². The van der Waals surface area contributed by atoms with Crippen LogP contribution in [-0.4, -0.2) is 42.6 Å². The lowest BCUT2D eigenvalue weighted by molar-refractivity contribution is -0.139. The predicted molar refractivity (Wildman–Crippen MR) is 114 cm³/mol. The van der Waals surface area contributed by atoms with Crippen LogP contribution in [0.5, 0.6) is 5.75 Å². The minimum absolute atomic E-state index is 0.224. The van der Waals surface area contributed by atoms with E-state index in [1.807, 2.05) is 67.8 Å². The lowest BCUT2D eigenvalue weighted by Crippen LogP contribution is -2.30. The van der Waals surface area contributed by atoms with E-state index in [9.17, 15) is 14.4 Å². The SMILES string of the molecule is CCNC(=O)c1c(I)c(OCC(=O)O)c(I)c(C(=O)NCC)c1I. The Hall–Kier alpha value is -0.380. The van der Waals surface area contributed by atoms with E-state index in [0.29, 0.717) is 34.9 Å². The third-order valence-electron chi connectivity index (χ3n) is 2.75. The third kappa shape index (κ3) is 5.06. The summed E-state index contributed by atoms with van der Waals surface area (Å²) in [5, 5.41) is 14.2. The fourth-order valence-corrected chi connectivity index (χ4v) is 6.26. The molecule has 1 rings (SSSR count). The highest BCUT2D eigenvalue weighted by Crippen LogP contribution is 2.37. The Bertz CT molecular complexity index is 634. The first kappa shape index (κ1) is 21.7. The number of hydrogen-bond acceptors (Lipinski definition) is 4. The first-order chi connectivity index (χ1) is 11.3. The highest BCUT2D eigenvalue weighted by Gasteiger charge is 2.28. The lowest BCUT2D eigenvalue weighted by Gasteiger charge is -2.18. The first-order valence-corrected chi connectivity index (χ1v) is 10.1. The normalized spacial score (nSPS) is 10.2. The zero-order chi connectivity index (χ0) is 18.4. The minimum Gasteiger partial charge on any atom is -0.480 e. The van der Waals surface area contributed by atoms with Crippen LogP contribution in [0.15, 0.2) is 0 Å². The molecule has 0 radical (unpaired) electrons. The summed E-state index contributed by atoms with van der Waals surface area (Å²) in [6, 6.07) is 0. The van der Waals surface area contributed by atoms with Gasteiger partial charge in [-0.3, -0.25) is 9.59 Å². The molecule has 0 aliphatic carbocycles. The van der Waals surface area contributed by atoms with Crippen LogP contribution in [0.1, 0.15) is 34.6 Å². The molecule has 0 saturated carbocycles. The van der Waals surface area contributed by atoms with Gasteiger partial charge in [0.05, 0.1) is 18.3 Å². The van der Waals surface area contributed by atoms with Crippen LogP contribution >= 0.6 is 67.8 Å². The van der Waals surface area contributed by atoms with E-state index in [2.05, 4.69) is 10.6 Å². The van der Waals surface area contributed by atoms with Crippen LogP contribution in [0.2, 0.25) is 0 Å². The quantitative estimate of drug-likeness (QED) is 0.387. The average Bonchev–Trinajstić information content (AvgIpc) is 2.47. The number of halogens is 3. The zero-order valence-electron chi connectivity index (χ0n) is 12.8. The molecule has 0 heterocycles. The standard InChI is InChI=1S/C14H15I3N2O5/c1-3-18-13(22)7-9(15)8(14(23)19-4-2)11(17)12(10(7)16)24-5-6(20)21/h3-5H2,1-2H3,(H,18,22)(H,19,23)(H,20,21). The molecule has 10 heteroatoms. The maximum Gasteiger partial charge on any atom is 0.341 e. The van der Waals surface area contributed by atoms with Gasteiger partial charge >= 0.3 is 5.97 Å². The molecule has 132 valence electrons. The Morgan fingerprint density at radius 1 is 0.917 bits per heavy atom. The summed E-state index contributed by atoms with van der Waals surface area (Å²) in [7, 11) is 0. The van der Waals surface area contributed by atoms with Crippen molar-refractivity contribution in [2.75, 3.05) is 19.7 Å². The second-order valence-electron chi connectivity index (χ2n) is 4.42. The number of ether oxygens (including phenoxy) is 1. The number of aliphatic carboxylic acids is 1. The molecule has 0 spiro atoms. The zero-order valence-corrected chi connectivity index (χ0v) is 19.3. The highest BCUT2D eigenvalue weighted by atomic mass is 127. The van der Waals surface area contributed by atoms with Crippen molar-refractivity contribution in [3.63, 3.8) is 0 Å². The van der Waals surface area contributed by atoms with Gasteiger partial charge in [-0.1, -0.05) is 0 Å². The van der Waals surface area contributed by atoms with E-state index in [-0.39, 0.29) is 17.6 Å². The molecule has 0 aliphatic heterocycles. The summed E-state index contributed by atoms with van der Waals surface area (Å²) >= 11 is 5.83. The second-order valence-corrected chi connectivity index (χ2v) is 7.66. The van der Waals surface area contributed by atoms with Crippen molar-refractivity contribution < 1.29 is 24.2 Å². The maximum absolute atomic E-state index is 12.4. The number of carboxylic acid groups (broad SMARTS) is 1. The van der Waals surface area contributed by atoms with E-state index in [1.54, 1.807) is 13.8 Å². The van der Waals surface area contributed by atoms with Gasteiger partial charge in [-0.2, -0.15) is 0 Å². The second kappa shape index (κ2) is 9.94. The van der Waals surface area contributed by atoms with Crippen LogP contribution in [0.4, 0.5) is 0 Å². The Labute approximate surface area is 180 Å². The van der Waals surface area contributed by atoms with Crippen LogP contribution in [-0.2, 0) is 4.79 Å². The Balaban J connectivity index is 3.60. The molecule has 3 N–H and O–H groups in total. The van der Waals surface area contributed by atoms with Crippen molar-refractivity contribution >= 4 is 85.6 Å². The van der Waals surface area contributed by atoms with Gasteiger partial charge in [0.25, 0.3) is 11.8 Å². The summed E-state index contributed by atoms with van der Waals surface area (Å²) in [5.74, 6) is -1.59. The molecule has 0 aromatic heterocycles. The van der Waals surface area contributed by atoms with Gasteiger partial charge < -0.3 is 20.5 Å². The number of carboxylic acids is 1. The van der Waals surface area contributed by atoms with Gasteiger partial charge in [0, 0.05) is 16.7 Å². The van der Waals surface area contributed by atoms with E-state index >= 15 is 0 Å². The molecular formula is C14H15I3N2O5. The number of nitrogens with one attached hydrogen (secondary N) is 2. The summed E-state index contributed by atoms with van der Waals surface area (Å²) < 4.78 is 6.79. The smallest absolute Gasteiger partial charge is 0.341 e. The highest BCUT2D eigenvalue weighted by molar-refractivity contribution is 14.1. The molecule has 0 unspecified atom stereocenters. The van der Waals surface area contributed by atoms with E-state index < -0.39 is 12.6 Å². The van der Waals surface area contributed by atoms with Crippen molar-refractivity contribution in [2.45, 2.75) is 13.8 Å².